The van der Waals surface area contributed by atoms with E-state index in [1.54, 1.807) is 32.2 Å². The van der Waals surface area contributed by atoms with Gasteiger partial charge in [0.25, 0.3) is 0 Å². The van der Waals surface area contributed by atoms with Crippen LogP contribution in [0.1, 0.15) is 56.2 Å². The third-order valence-electron chi connectivity index (χ3n) is 5.07. The van der Waals surface area contributed by atoms with Gasteiger partial charge < -0.3 is 14.6 Å². The maximum Gasteiger partial charge on any atom is 0.313 e. The van der Waals surface area contributed by atoms with Crippen LogP contribution in [0, 0.1) is 12.7 Å². The summed E-state index contributed by atoms with van der Waals surface area (Å²) in [5.41, 5.74) is 4.37. The molecule has 0 aliphatic heterocycles. The lowest BCUT2D eigenvalue weighted by Crippen LogP contribution is -2.16. The van der Waals surface area contributed by atoms with E-state index in [2.05, 4.69) is 13.8 Å². The van der Waals surface area contributed by atoms with E-state index in [9.17, 15) is 19.1 Å². The van der Waals surface area contributed by atoms with Gasteiger partial charge in [-0.3, -0.25) is 9.59 Å². The first-order chi connectivity index (χ1) is 15.2. The summed E-state index contributed by atoms with van der Waals surface area (Å²) < 4.78 is 24.0. The topological polar surface area (TPSA) is 72.8 Å². The fourth-order valence-corrected chi connectivity index (χ4v) is 3.62. The Hall–Kier alpha value is -2.99. The van der Waals surface area contributed by atoms with Crippen molar-refractivity contribution < 1.29 is 28.6 Å². The molecule has 1 N–H and O–H groups in total. The number of methoxy groups -OCH3 is 1. The van der Waals surface area contributed by atoms with Crippen molar-refractivity contribution in [1.29, 1.82) is 0 Å². The van der Waals surface area contributed by atoms with Gasteiger partial charge in [0.2, 0.25) is 0 Å². The number of rotatable bonds is 10. The van der Waals surface area contributed by atoms with E-state index < -0.39 is 17.9 Å². The van der Waals surface area contributed by atoms with Crippen molar-refractivity contribution in [3.8, 4) is 16.9 Å². The molecule has 0 amide bonds. The fourth-order valence-electron chi connectivity index (χ4n) is 3.62. The average molecular weight is 443 g/mol. The summed E-state index contributed by atoms with van der Waals surface area (Å²) in [5, 5.41) is 10.4. The highest BCUT2D eigenvalue weighted by Gasteiger charge is 2.20. The number of hydrogen-bond acceptors (Lipinski definition) is 5. The third kappa shape index (κ3) is 6.50. The zero-order valence-electron chi connectivity index (χ0n) is 19.3. The van der Waals surface area contributed by atoms with Crippen molar-refractivity contribution in [2.24, 2.45) is 0 Å². The molecule has 6 heteroatoms. The van der Waals surface area contributed by atoms with Crippen molar-refractivity contribution in [2.75, 3.05) is 13.7 Å². The standard InChI is InChI=1S/C26H31FO5/c1-6-32-24(30)15-21(29)14-20(28)11-12-22-23(16(2)3)13-17(4)26(31-5)25(22)18-7-9-19(27)10-8-18/h7-13,16,20,28H,6,14-15H2,1-5H3. The molecule has 5 nitrogen and oxygen atoms in total. The summed E-state index contributed by atoms with van der Waals surface area (Å²) in [6.45, 7) is 7.95. The fraction of sp³-hybridized carbons (Fsp3) is 0.385. The Labute approximate surface area is 188 Å². The minimum absolute atomic E-state index is 0.168. The Bertz CT molecular complexity index is 977. The van der Waals surface area contributed by atoms with Gasteiger partial charge in [0.15, 0.2) is 0 Å². The molecule has 1 unspecified atom stereocenters. The van der Waals surface area contributed by atoms with Crippen LogP contribution >= 0.6 is 0 Å². The molecule has 0 aliphatic rings. The number of hydrogen-bond donors (Lipinski definition) is 1. The minimum atomic E-state index is -1.06. The molecule has 0 bridgehead atoms. The highest BCUT2D eigenvalue weighted by atomic mass is 19.1. The molecule has 0 heterocycles. The molecule has 2 rings (SSSR count). The first-order valence-electron chi connectivity index (χ1n) is 10.7. The second-order valence-electron chi connectivity index (χ2n) is 7.92. The molecule has 172 valence electrons. The first kappa shape index (κ1) is 25.3. The van der Waals surface area contributed by atoms with Gasteiger partial charge in [-0.05, 0) is 54.2 Å². The van der Waals surface area contributed by atoms with Gasteiger partial charge in [-0.25, -0.2) is 4.39 Å². The van der Waals surface area contributed by atoms with Crippen LogP contribution in [0.2, 0.25) is 0 Å². The average Bonchev–Trinajstić information content (AvgIpc) is 2.72. The van der Waals surface area contributed by atoms with Crippen molar-refractivity contribution >= 4 is 17.8 Å². The van der Waals surface area contributed by atoms with Crippen LogP contribution in [0.25, 0.3) is 17.2 Å². The number of esters is 1. The Morgan fingerprint density at radius 1 is 1.19 bits per heavy atom. The van der Waals surface area contributed by atoms with Gasteiger partial charge in [-0.1, -0.05) is 44.2 Å². The molecule has 0 saturated heterocycles. The molecule has 0 aliphatic carbocycles. The van der Waals surface area contributed by atoms with Crippen LogP contribution in [0.5, 0.6) is 5.75 Å². The lowest BCUT2D eigenvalue weighted by Gasteiger charge is -2.21. The van der Waals surface area contributed by atoms with Crippen molar-refractivity contribution in [1.82, 2.24) is 0 Å². The number of halogens is 1. The predicted octanol–water partition coefficient (Wildman–Crippen LogP) is 5.22. The van der Waals surface area contributed by atoms with Crippen LogP contribution in [0.4, 0.5) is 4.39 Å². The lowest BCUT2D eigenvalue weighted by atomic mass is 9.87. The van der Waals surface area contributed by atoms with Crippen LogP contribution in [0.3, 0.4) is 0 Å². The van der Waals surface area contributed by atoms with E-state index in [4.69, 9.17) is 9.47 Å². The molecule has 0 aromatic heterocycles. The normalized spacial score (nSPS) is 12.2. The number of aliphatic hydroxyl groups excluding tert-OH is 1. The number of aliphatic hydroxyl groups is 1. The van der Waals surface area contributed by atoms with Crippen molar-refractivity contribution in [3.63, 3.8) is 0 Å². The summed E-state index contributed by atoms with van der Waals surface area (Å²) in [5.74, 6) is -0.505. The minimum Gasteiger partial charge on any atom is -0.496 e. The molecule has 2 aromatic rings. The van der Waals surface area contributed by atoms with Gasteiger partial charge in [-0.15, -0.1) is 0 Å². The van der Waals surface area contributed by atoms with E-state index in [0.717, 1.165) is 27.8 Å². The van der Waals surface area contributed by atoms with Crippen LogP contribution in [-0.4, -0.2) is 36.7 Å². The van der Waals surface area contributed by atoms with Gasteiger partial charge in [0, 0.05) is 12.0 Å². The van der Waals surface area contributed by atoms with Gasteiger partial charge >= 0.3 is 5.97 Å². The van der Waals surface area contributed by atoms with Crippen molar-refractivity contribution in [2.45, 2.75) is 52.6 Å². The van der Waals surface area contributed by atoms with E-state index >= 15 is 0 Å². The number of carbonyl (C=O) groups excluding carboxylic acids is 2. The van der Waals surface area contributed by atoms with Crippen LogP contribution in [-0.2, 0) is 14.3 Å². The Morgan fingerprint density at radius 3 is 2.41 bits per heavy atom. The summed E-state index contributed by atoms with van der Waals surface area (Å²) in [7, 11) is 1.58. The zero-order chi connectivity index (χ0) is 23.8. The zero-order valence-corrected chi connectivity index (χ0v) is 19.3. The molecule has 0 fully saturated rings. The number of ketones is 1. The lowest BCUT2D eigenvalue weighted by molar-refractivity contribution is -0.145. The Kier molecular flexibility index (Phi) is 9.14. The summed E-state index contributed by atoms with van der Waals surface area (Å²) >= 11 is 0. The molecule has 2 aromatic carbocycles. The monoisotopic (exact) mass is 442 g/mol. The maximum atomic E-state index is 13.5. The second-order valence-corrected chi connectivity index (χ2v) is 7.92. The van der Waals surface area contributed by atoms with Gasteiger partial charge in [-0.2, -0.15) is 0 Å². The molecule has 0 spiro atoms. The SMILES string of the molecule is CCOC(=O)CC(=O)CC(O)C=Cc1c(C(C)C)cc(C)c(OC)c1-c1ccc(F)cc1. The molecule has 0 saturated carbocycles. The summed E-state index contributed by atoms with van der Waals surface area (Å²) in [6, 6.07) is 8.19. The summed E-state index contributed by atoms with van der Waals surface area (Å²) in [4.78, 5) is 23.5. The number of ether oxygens (including phenoxy) is 2. The van der Waals surface area contributed by atoms with E-state index in [0.29, 0.717) is 5.75 Å². The quantitative estimate of drug-likeness (QED) is 0.403. The van der Waals surface area contributed by atoms with Crippen LogP contribution < -0.4 is 4.74 Å². The third-order valence-corrected chi connectivity index (χ3v) is 5.07. The number of carbonyl (C=O) groups is 2. The largest absolute Gasteiger partial charge is 0.496 e. The smallest absolute Gasteiger partial charge is 0.313 e. The maximum absolute atomic E-state index is 13.5. The van der Waals surface area contributed by atoms with Gasteiger partial charge in [0.05, 0.1) is 19.8 Å². The van der Waals surface area contributed by atoms with Gasteiger partial charge in [0.1, 0.15) is 23.8 Å². The molecular weight excluding hydrogens is 411 g/mol. The second kappa shape index (κ2) is 11.6. The predicted molar refractivity (Wildman–Crippen MR) is 123 cm³/mol. The Balaban J connectivity index is 2.45. The highest BCUT2D eigenvalue weighted by molar-refractivity contribution is 5.96. The highest BCUT2D eigenvalue weighted by Crippen LogP contribution is 2.41. The van der Waals surface area contributed by atoms with E-state index in [-0.39, 0.29) is 31.2 Å². The molecule has 0 radical (unpaired) electrons. The van der Waals surface area contributed by atoms with Crippen molar-refractivity contribution in [3.05, 3.63) is 58.9 Å². The first-order valence-corrected chi connectivity index (χ1v) is 10.7. The number of aryl methyl sites for hydroxylation is 1. The van der Waals surface area contributed by atoms with E-state index in [1.807, 2.05) is 13.0 Å². The van der Waals surface area contributed by atoms with Crippen LogP contribution in [0.15, 0.2) is 36.4 Å². The number of Topliss-reactive ketones (excluding diaryl/α,β-unsaturated/α-hetero) is 1. The summed E-state index contributed by atoms with van der Waals surface area (Å²) in [6.07, 6.45) is 1.67. The molecule has 32 heavy (non-hydrogen) atoms. The number of benzene rings is 2. The van der Waals surface area contributed by atoms with E-state index in [1.165, 1.54) is 18.2 Å². The molecule has 1 atom stereocenters. The Morgan fingerprint density at radius 2 is 1.84 bits per heavy atom. The molecular formula is C26H31FO5.